The number of rotatable bonds is 19. The zero-order valence-electron chi connectivity index (χ0n) is 40.0. The van der Waals surface area contributed by atoms with E-state index in [1.54, 1.807) is 24.3 Å². The number of azo groups is 3. The molecular formula is C43H36ClN11O18S6. The van der Waals surface area contributed by atoms with Gasteiger partial charge >= 0.3 is 0 Å². The summed E-state index contributed by atoms with van der Waals surface area (Å²) in [6.45, 7) is 0.692. The summed E-state index contributed by atoms with van der Waals surface area (Å²) < 4.78 is 181. The average molecular weight is 1220 g/mol. The highest BCUT2D eigenvalue weighted by molar-refractivity contribution is 7.87. The average Bonchev–Trinajstić information content (AvgIpc) is 4.10. The molecule has 0 spiro atoms. The number of imidazole rings is 1. The molecule has 0 aliphatic rings. The van der Waals surface area contributed by atoms with Gasteiger partial charge in [0.05, 0.1) is 40.0 Å². The molecule has 3 aromatic heterocycles. The predicted octanol–water partition coefficient (Wildman–Crippen LogP) is 8.85. The summed E-state index contributed by atoms with van der Waals surface area (Å²) in [4.78, 5) is 6.67. The van der Waals surface area contributed by atoms with Crippen molar-refractivity contribution in [2.24, 2.45) is 30.7 Å². The lowest BCUT2D eigenvalue weighted by Gasteiger charge is -2.26. The highest BCUT2D eigenvalue weighted by Gasteiger charge is 2.30. The monoisotopic (exact) mass is 1220 g/mol. The van der Waals surface area contributed by atoms with Gasteiger partial charge in [0.15, 0.2) is 17.1 Å². The van der Waals surface area contributed by atoms with Crippen molar-refractivity contribution in [3.05, 3.63) is 82.9 Å². The quantitative estimate of drug-likeness (QED) is 0.0293. The van der Waals surface area contributed by atoms with Crippen molar-refractivity contribution in [2.45, 2.75) is 34.5 Å². The number of nitrogens with zero attached hydrogens (tertiary/aromatic N) is 11. The van der Waals surface area contributed by atoms with Gasteiger partial charge in [-0.05, 0) is 68.3 Å². The van der Waals surface area contributed by atoms with Crippen LogP contribution in [0.1, 0.15) is 24.0 Å². The molecule has 5 aromatic carbocycles. The number of aromatic hydroxyl groups is 2. The van der Waals surface area contributed by atoms with Gasteiger partial charge in [-0.15, -0.1) is 30.7 Å². The maximum atomic E-state index is 13.2. The molecular weight excluding hydrogens is 1190 g/mol. The fourth-order valence-corrected chi connectivity index (χ4v) is 12.5. The summed E-state index contributed by atoms with van der Waals surface area (Å²) >= 11 is 6.85. The minimum atomic E-state index is -5.59. The fourth-order valence-electron chi connectivity index (χ4n) is 8.09. The predicted molar refractivity (Wildman–Crippen MR) is 283 cm³/mol. The molecule has 0 radical (unpaired) electrons. The van der Waals surface area contributed by atoms with Crippen molar-refractivity contribution < 1.29 is 79.8 Å². The summed E-state index contributed by atoms with van der Waals surface area (Å²) in [5.41, 5.74) is -2.34. The Bertz CT molecular complexity index is 4570. The number of methoxy groups -OCH3 is 1. The van der Waals surface area contributed by atoms with E-state index in [-0.39, 0.29) is 91.6 Å². The standard InChI is InChI=1S/C43H36ClN11O18S6/c1-21-25(20-45)41-46-26-7-3-4-8-30(26)55(41)42(57)36(21)51-48-27-10-9-23-24(40(27)79(70,71)72)17-35(78(67,68)69)38(39(23)56)52-49-28-19-32(73-2)29(18-31(28)54(11-5-13-75(58,59)60)12-6-14-76(61,62)63)50-53-43-47-37-33(74-43)15-22(44)16-34(37)77(64,65)66/h3-4,7-10,15-19,56-57H,5-6,11-14H2,1-2H3,(H,58,59,60)(H,61,62,63)(H,64,65,66)(H,67,68,69)(H,70,71,72). The molecule has 0 unspecified atom stereocenters. The lowest BCUT2D eigenvalue weighted by Crippen LogP contribution is -2.28. The van der Waals surface area contributed by atoms with Gasteiger partial charge in [-0.2, -0.15) is 47.4 Å². The Morgan fingerprint density at radius 3 is 1.94 bits per heavy atom. The molecule has 0 amide bonds. The number of ether oxygens (including phenoxy) is 1. The van der Waals surface area contributed by atoms with Gasteiger partial charge < -0.3 is 19.8 Å². The first kappa shape index (κ1) is 57.7. The number of pyridine rings is 1. The van der Waals surface area contributed by atoms with Gasteiger partial charge in [-0.25, -0.2) is 9.97 Å². The number of phenolic OH excluding ortho intramolecular Hbond substituents is 1. The van der Waals surface area contributed by atoms with Crippen LogP contribution in [-0.2, 0) is 50.6 Å². The zero-order chi connectivity index (χ0) is 57.7. The number of thiazole rings is 1. The van der Waals surface area contributed by atoms with E-state index in [1.165, 1.54) is 28.4 Å². The summed E-state index contributed by atoms with van der Waals surface area (Å²) in [7, 11) is -24.0. The maximum Gasteiger partial charge on any atom is 0.297 e. The van der Waals surface area contributed by atoms with Crippen LogP contribution in [0.25, 0.3) is 37.7 Å². The maximum absolute atomic E-state index is 13.2. The molecule has 414 valence electrons. The van der Waals surface area contributed by atoms with Gasteiger partial charge in [0.2, 0.25) is 11.0 Å². The van der Waals surface area contributed by atoms with Crippen LogP contribution >= 0.6 is 22.9 Å². The number of fused-ring (bicyclic) bond motifs is 5. The Kier molecular flexibility index (Phi) is 15.8. The van der Waals surface area contributed by atoms with Crippen molar-refractivity contribution >= 4 is 150 Å². The van der Waals surface area contributed by atoms with Gasteiger partial charge in [-0.3, -0.25) is 27.2 Å². The summed E-state index contributed by atoms with van der Waals surface area (Å²) in [5, 5.41) is 55.9. The number of halogens is 1. The smallest absolute Gasteiger partial charge is 0.297 e. The minimum absolute atomic E-state index is 0.0379. The number of hydrogen-bond acceptors (Lipinski definition) is 24. The van der Waals surface area contributed by atoms with E-state index in [0.717, 1.165) is 42.7 Å². The first-order valence-electron chi connectivity index (χ1n) is 21.9. The van der Waals surface area contributed by atoms with Crippen LogP contribution in [0.15, 0.2) is 112 Å². The second-order valence-corrected chi connectivity index (χ2v) is 25.4. The Labute approximate surface area is 455 Å². The third kappa shape index (κ3) is 12.4. The van der Waals surface area contributed by atoms with E-state index in [2.05, 4.69) is 40.7 Å². The van der Waals surface area contributed by atoms with Crippen LogP contribution in [0.3, 0.4) is 0 Å². The van der Waals surface area contributed by atoms with Gasteiger partial charge in [0.25, 0.3) is 50.6 Å². The number of para-hydroxylation sites is 2. The van der Waals surface area contributed by atoms with E-state index < -0.39 is 111 Å². The largest absolute Gasteiger partial charge is 0.505 e. The van der Waals surface area contributed by atoms with E-state index in [4.69, 9.17) is 16.3 Å². The van der Waals surface area contributed by atoms with Crippen molar-refractivity contribution in [1.29, 1.82) is 5.26 Å². The molecule has 0 saturated heterocycles. The van der Waals surface area contributed by atoms with Crippen LogP contribution < -0.4 is 9.64 Å². The third-order valence-corrected chi connectivity index (χ3v) is 16.9. The van der Waals surface area contributed by atoms with Crippen molar-refractivity contribution in [3.63, 3.8) is 0 Å². The molecule has 0 atom stereocenters. The number of benzene rings is 5. The Balaban J connectivity index is 1.29. The summed E-state index contributed by atoms with van der Waals surface area (Å²) in [6, 6.07) is 15.4. The first-order chi connectivity index (χ1) is 36.9. The Morgan fingerprint density at radius 2 is 1.33 bits per heavy atom. The second kappa shape index (κ2) is 21.6. The van der Waals surface area contributed by atoms with Gasteiger partial charge in [-0.1, -0.05) is 35.1 Å². The number of anilines is 1. The number of aromatic nitrogens is 3. The number of phenols is 1. The van der Waals surface area contributed by atoms with E-state index in [1.807, 2.05) is 6.07 Å². The normalized spacial score (nSPS) is 13.1. The van der Waals surface area contributed by atoms with Gasteiger partial charge in [0, 0.05) is 40.5 Å². The lowest BCUT2D eigenvalue weighted by atomic mass is 10.1. The van der Waals surface area contributed by atoms with E-state index in [0.29, 0.717) is 17.1 Å². The van der Waals surface area contributed by atoms with Crippen LogP contribution in [0.2, 0.25) is 5.02 Å². The molecule has 8 aromatic rings. The molecule has 3 heterocycles. The Hall–Kier alpha value is -7.47. The van der Waals surface area contributed by atoms with Crippen molar-refractivity contribution in [1.82, 2.24) is 14.4 Å². The summed E-state index contributed by atoms with van der Waals surface area (Å²) in [6.07, 6.45) is -0.716. The topological polar surface area (TPSA) is 453 Å². The molecule has 0 fully saturated rings. The molecule has 0 aliphatic heterocycles. The minimum Gasteiger partial charge on any atom is -0.505 e. The molecule has 79 heavy (non-hydrogen) atoms. The van der Waals surface area contributed by atoms with E-state index >= 15 is 0 Å². The SMILES string of the molecule is COc1cc(N=Nc2c(S(=O)(=O)O)cc3c(S(=O)(=O)O)c(N=Nc4c(C)c(C#N)c5nc6ccccc6n5c4O)ccc3c2O)c(N(CCCS(=O)(=O)O)CCCS(=O)(=O)O)cc1N=Nc1nc2c(S(=O)(=O)O)cc(Cl)cc2s1. The number of nitriles is 1. The van der Waals surface area contributed by atoms with Crippen LogP contribution in [0.4, 0.5) is 39.3 Å². The van der Waals surface area contributed by atoms with E-state index in [9.17, 15) is 80.3 Å². The van der Waals surface area contributed by atoms with Crippen molar-refractivity contribution in [2.75, 3.05) is 36.6 Å². The molecule has 0 saturated carbocycles. The summed E-state index contributed by atoms with van der Waals surface area (Å²) in [5.74, 6) is -3.67. The second-order valence-electron chi connectivity index (χ2n) is 16.7. The fraction of sp³-hybridized carbons (Fsp3) is 0.186. The lowest BCUT2D eigenvalue weighted by molar-refractivity contribution is 0.416. The van der Waals surface area contributed by atoms with Gasteiger partial charge in [0.1, 0.15) is 60.3 Å². The third-order valence-electron chi connectivity index (χ3n) is 11.5. The molecule has 0 bridgehead atoms. The molecule has 29 nitrogen and oxygen atoms in total. The number of hydrogen-bond donors (Lipinski definition) is 7. The van der Waals surface area contributed by atoms with Crippen LogP contribution in [-0.4, -0.2) is 121 Å². The molecule has 7 N–H and O–H groups in total. The van der Waals surface area contributed by atoms with Crippen LogP contribution in [0.5, 0.6) is 17.4 Å². The molecule has 0 aliphatic carbocycles. The molecule has 36 heteroatoms. The highest BCUT2D eigenvalue weighted by atomic mass is 35.5. The zero-order valence-corrected chi connectivity index (χ0v) is 45.6. The van der Waals surface area contributed by atoms with Crippen LogP contribution in [0, 0.1) is 18.3 Å². The highest BCUT2D eigenvalue weighted by Crippen LogP contribution is 2.48. The Morgan fingerprint density at radius 1 is 0.709 bits per heavy atom. The van der Waals surface area contributed by atoms with Crippen molar-refractivity contribution in [3.8, 4) is 23.4 Å². The molecule has 8 rings (SSSR count). The first-order valence-corrected chi connectivity index (χ1v) is 30.6.